The van der Waals surface area contributed by atoms with E-state index >= 15 is 0 Å². The van der Waals surface area contributed by atoms with Crippen LogP contribution in [0.4, 0.5) is 22.1 Å². The Kier molecular flexibility index (Phi) is 7.71. The second-order valence-corrected chi connectivity index (χ2v) is 8.85. The maximum absolute atomic E-state index is 13.8. The number of halogens is 1. The molecule has 0 spiro atoms. The van der Waals surface area contributed by atoms with Crippen molar-refractivity contribution in [3.63, 3.8) is 0 Å². The van der Waals surface area contributed by atoms with Gasteiger partial charge in [-0.2, -0.15) is 5.26 Å². The Balaban J connectivity index is 1.82. The van der Waals surface area contributed by atoms with E-state index in [-0.39, 0.29) is 34.2 Å². The molecule has 38 heavy (non-hydrogen) atoms. The van der Waals surface area contributed by atoms with Gasteiger partial charge < -0.3 is 26.8 Å². The van der Waals surface area contributed by atoms with E-state index in [1.165, 1.54) is 10.9 Å². The Morgan fingerprint density at radius 1 is 1.24 bits per heavy atom. The number of nitrogens with one attached hydrogen (secondary N) is 3. The number of hydrogen-bond acceptors (Lipinski definition) is 9. The maximum Gasteiger partial charge on any atom is 0.319 e. The highest BCUT2D eigenvalue weighted by molar-refractivity contribution is 6.35. The number of fused-ring (bicyclic) bond motifs is 1. The molecule has 0 fully saturated rings. The molecule has 2 unspecified atom stereocenters. The van der Waals surface area contributed by atoms with Gasteiger partial charge in [0.1, 0.15) is 35.4 Å². The highest BCUT2D eigenvalue weighted by Crippen LogP contribution is 2.26. The zero-order chi connectivity index (χ0) is 27.4. The third kappa shape index (κ3) is 5.49. The normalized spacial score (nSPS) is 12.4. The van der Waals surface area contributed by atoms with Crippen molar-refractivity contribution >= 4 is 45.9 Å². The van der Waals surface area contributed by atoms with Gasteiger partial charge in [0.2, 0.25) is 0 Å². The van der Waals surface area contributed by atoms with E-state index in [4.69, 9.17) is 22.3 Å². The van der Waals surface area contributed by atoms with E-state index in [1.54, 1.807) is 56.3 Å². The fourth-order valence-electron chi connectivity index (χ4n) is 3.77. The largest absolute Gasteiger partial charge is 0.392 e. The number of anilines is 3. The molecule has 2 aromatic carbocycles. The number of urea groups is 1. The first kappa shape index (κ1) is 26.3. The van der Waals surface area contributed by atoms with Crippen LogP contribution in [-0.2, 0) is 0 Å². The molecule has 194 valence electrons. The molecule has 0 saturated heterocycles. The van der Waals surface area contributed by atoms with Gasteiger partial charge >= 0.3 is 6.03 Å². The van der Waals surface area contributed by atoms with Gasteiger partial charge in [0.05, 0.1) is 33.8 Å². The minimum atomic E-state index is -0.706. The van der Waals surface area contributed by atoms with Crippen LogP contribution in [0.15, 0.2) is 53.6 Å². The molecule has 2 aromatic heterocycles. The summed E-state index contributed by atoms with van der Waals surface area (Å²) < 4.78 is 1.38. The summed E-state index contributed by atoms with van der Waals surface area (Å²) in [6.07, 6.45) is 0.520. The molecule has 4 aromatic rings. The van der Waals surface area contributed by atoms with Crippen molar-refractivity contribution < 1.29 is 9.90 Å². The van der Waals surface area contributed by atoms with Crippen LogP contribution in [-0.4, -0.2) is 43.3 Å². The molecule has 2 heterocycles. The van der Waals surface area contributed by atoms with Crippen LogP contribution in [0.25, 0.3) is 16.6 Å². The molecule has 12 nitrogen and oxygen atoms in total. The van der Waals surface area contributed by atoms with Crippen molar-refractivity contribution in [2.75, 3.05) is 22.9 Å². The summed E-state index contributed by atoms with van der Waals surface area (Å²) in [4.78, 5) is 38.7. The number of aliphatic hydroxyl groups is 1. The van der Waals surface area contributed by atoms with Crippen molar-refractivity contribution in [2.45, 2.75) is 26.0 Å². The molecule has 0 aliphatic rings. The molecular formula is C25H24ClN9O3. The lowest BCUT2D eigenvalue weighted by molar-refractivity contribution is 0.190. The quantitative estimate of drug-likeness (QED) is 0.238. The third-order valence-electron chi connectivity index (χ3n) is 5.52. The second-order valence-electron chi connectivity index (χ2n) is 8.44. The van der Waals surface area contributed by atoms with Gasteiger partial charge in [0, 0.05) is 12.2 Å². The average Bonchev–Trinajstić information content (AvgIpc) is 2.87. The van der Waals surface area contributed by atoms with Crippen molar-refractivity contribution in [3.05, 3.63) is 75.6 Å². The number of nitrogens with two attached hydrogens (primary N) is 1. The lowest BCUT2D eigenvalue weighted by Gasteiger charge is -2.21. The molecule has 6 N–H and O–H groups in total. The third-order valence-corrected chi connectivity index (χ3v) is 5.84. The molecule has 0 saturated carbocycles. The SMILES string of the molecule is CC(O)CNC(=O)Nc1cccc(-n2c(C(C)Nc3ncnc(N)c3C#N)nc3cccc(Cl)c3c2=O)c1. The van der Waals surface area contributed by atoms with Crippen molar-refractivity contribution in [1.29, 1.82) is 5.26 Å². The van der Waals surface area contributed by atoms with Gasteiger partial charge in [-0.15, -0.1) is 0 Å². The maximum atomic E-state index is 13.8. The number of carbonyl (C=O) groups excluding carboxylic acids is 1. The lowest BCUT2D eigenvalue weighted by atomic mass is 10.2. The summed E-state index contributed by atoms with van der Waals surface area (Å²) in [6.45, 7) is 3.38. The minimum Gasteiger partial charge on any atom is -0.392 e. The van der Waals surface area contributed by atoms with Gasteiger partial charge in [-0.05, 0) is 44.2 Å². The van der Waals surface area contributed by atoms with Gasteiger partial charge in [0.25, 0.3) is 5.56 Å². The first-order chi connectivity index (χ1) is 18.2. The summed E-state index contributed by atoms with van der Waals surface area (Å²) in [7, 11) is 0. The molecule has 0 aliphatic carbocycles. The molecule has 13 heteroatoms. The van der Waals surface area contributed by atoms with Crippen molar-refractivity contribution in [2.24, 2.45) is 0 Å². The van der Waals surface area contributed by atoms with Gasteiger partial charge in [0.15, 0.2) is 0 Å². The monoisotopic (exact) mass is 533 g/mol. The Labute approximate surface area is 222 Å². The van der Waals surface area contributed by atoms with Gasteiger partial charge in [-0.3, -0.25) is 9.36 Å². The van der Waals surface area contributed by atoms with Crippen LogP contribution in [0.3, 0.4) is 0 Å². The standard InChI is InChI=1S/C25H24ClN9O3/c1-13(36)11-29-25(38)33-15-5-3-6-16(9-15)35-23(34-19-8-4-7-18(26)20(19)24(35)37)14(2)32-22-17(10-27)21(28)30-12-31-22/h3-9,12-14,36H,11H2,1-2H3,(H2,29,33,38)(H3,28,30,31,32). The number of carbonyl (C=O) groups is 1. The number of nitrogens with zero attached hydrogens (tertiary/aromatic N) is 5. The highest BCUT2D eigenvalue weighted by Gasteiger charge is 2.21. The Hall–Kier alpha value is -4.73. The van der Waals surface area contributed by atoms with Crippen molar-refractivity contribution in [1.82, 2.24) is 24.8 Å². The van der Waals surface area contributed by atoms with Crippen LogP contribution in [0.1, 0.15) is 31.3 Å². The zero-order valence-corrected chi connectivity index (χ0v) is 21.2. The number of benzene rings is 2. The molecule has 0 bridgehead atoms. The van der Waals surface area contributed by atoms with E-state index in [0.29, 0.717) is 22.7 Å². The van der Waals surface area contributed by atoms with Crippen molar-refractivity contribution in [3.8, 4) is 11.8 Å². The van der Waals surface area contributed by atoms with E-state index in [2.05, 4.69) is 25.9 Å². The number of hydrogen-bond donors (Lipinski definition) is 5. The predicted octanol–water partition coefficient (Wildman–Crippen LogP) is 2.96. The number of aromatic nitrogens is 4. The van der Waals surface area contributed by atoms with Crippen LogP contribution >= 0.6 is 11.6 Å². The first-order valence-corrected chi connectivity index (χ1v) is 11.9. The average molecular weight is 534 g/mol. The summed E-state index contributed by atoms with van der Waals surface area (Å²) in [5.74, 6) is 0.492. The Morgan fingerprint density at radius 3 is 2.74 bits per heavy atom. The fraction of sp³-hybridized carbons (Fsp3) is 0.200. The predicted molar refractivity (Wildman–Crippen MR) is 144 cm³/mol. The molecule has 2 atom stereocenters. The van der Waals surface area contributed by atoms with E-state index in [9.17, 15) is 20.0 Å². The first-order valence-electron chi connectivity index (χ1n) is 11.5. The highest BCUT2D eigenvalue weighted by atomic mass is 35.5. The number of aliphatic hydroxyl groups excluding tert-OH is 1. The number of amides is 2. The van der Waals surface area contributed by atoms with Crippen LogP contribution in [0, 0.1) is 11.3 Å². The second kappa shape index (κ2) is 11.1. The van der Waals surface area contributed by atoms with E-state index in [1.807, 2.05) is 6.07 Å². The number of nitriles is 1. The fourth-order valence-corrected chi connectivity index (χ4v) is 4.02. The van der Waals surface area contributed by atoms with Gasteiger partial charge in [-0.1, -0.05) is 23.7 Å². The molecule has 2 amide bonds. The molecular weight excluding hydrogens is 510 g/mol. The van der Waals surface area contributed by atoms with Gasteiger partial charge in [-0.25, -0.2) is 19.7 Å². The minimum absolute atomic E-state index is 0.0143. The summed E-state index contributed by atoms with van der Waals surface area (Å²) in [5, 5.41) is 27.7. The Bertz CT molecular complexity index is 1610. The van der Waals surface area contributed by atoms with E-state index < -0.39 is 23.7 Å². The zero-order valence-electron chi connectivity index (χ0n) is 20.4. The Morgan fingerprint density at radius 2 is 2.00 bits per heavy atom. The lowest BCUT2D eigenvalue weighted by Crippen LogP contribution is -2.34. The molecule has 4 rings (SSSR count). The van der Waals surface area contributed by atoms with E-state index in [0.717, 1.165) is 0 Å². The summed E-state index contributed by atoms with van der Waals surface area (Å²) >= 11 is 6.38. The topological polar surface area (TPSA) is 184 Å². The molecule has 0 aliphatic heterocycles. The smallest absolute Gasteiger partial charge is 0.319 e. The number of nitrogen functional groups attached to an aromatic ring is 1. The molecule has 0 radical (unpaired) electrons. The summed E-state index contributed by atoms with van der Waals surface area (Å²) in [5.41, 5.74) is 6.65. The van der Waals surface area contributed by atoms with Crippen LogP contribution in [0.5, 0.6) is 0 Å². The number of rotatable bonds is 7. The van der Waals surface area contributed by atoms with Crippen LogP contribution < -0.4 is 27.2 Å². The summed E-state index contributed by atoms with van der Waals surface area (Å²) in [6, 6.07) is 12.4. The van der Waals surface area contributed by atoms with Crippen LogP contribution in [0.2, 0.25) is 5.02 Å².